The maximum atomic E-state index is 13.1. The summed E-state index contributed by atoms with van der Waals surface area (Å²) in [6.45, 7) is 2.81. The highest BCUT2D eigenvalue weighted by molar-refractivity contribution is 5.96. The molecular formula is C24H33F3N2O4. The predicted molar refractivity (Wildman–Crippen MR) is 117 cm³/mol. The van der Waals surface area contributed by atoms with E-state index in [0.717, 1.165) is 64.0 Å². The first kappa shape index (κ1) is 27.1. The van der Waals surface area contributed by atoms with Gasteiger partial charge < -0.3 is 19.9 Å². The second kappa shape index (κ2) is 12.9. The van der Waals surface area contributed by atoms with E-state index in [2.05, 4.69) is 5.32 Å². The summed E-state index contributed by atoms with van der Waals surface area (Å²) in [5, 5.41) is 21.6. The summed E-state index contributed by atoms with van der Waals surface area (Å²) in [5.41, 5.74) is -3.48. The van der Waals surface area contributed by atoms with Gasteiger partial charge in [0.2, 0.25) is 0 Å². The van der Waals surface area contributed by atoms with E-state index in [9.17, 15) is 23.1 Å². The number of amides is 1. The number of aliphatic hydroxyl groups is 1. The van der Waals surface area contributed by atoms with E-state index in [1.807, 2.05) is 0 Å². The Morgan fingerprint density at radius 1 is 1.21 bits per heavy atom. The van der Waals surface area contributed by atoms with Crippen LogP contribution in [-0.4, -0.2) is 36.1 Å². The van der Waals surface area contributed by atoms with Crippen LogP contribution in [0.5, 0.6) is 0 Å². The summed E-state index contributed by atoms with van der Waals surface area (Å²) >= 11 is 0. The number of nitrogens with zero attached hydrogens (tertiary/aromatic N) is 1. The van der Waals surface area contributed by atoms with Crippen LogP contribution >= 0.6 is 0 Å². The third kappa shape index (κ3) is 9.32. The van der Waals surface area contributed by atoms with Crippen molar-refractivity contribution in [1.29, 1.82) is 5.26 Å². The zero-order chi connectivity index (χ0) is 24.3. The number of rotatable bonds is 12. The number of hydrogen-bond acceptors (Lipinski definition) is 5. The summed E-state index contributed by atoms with van der Waals surface area (Å²) in [5.74, 6) is -0.776. The van der Waals surface area contributed by atoms with Gasteiger partial charge in [0.05, 0.1) is 17.2 Å². The van der Waals surface area contributed by atoms with E-state index in [1.54, 1.807) is 0 Å². The van der Waals surface area contributed by atoms with Crippen molar-refractivity contribution in [3.63, 3.8) is 0 Å². The molecule has 9 heteroatoms. The van der Waals surface area contributed by atoms with Crippen LogP contribution in [0, 0.1) is 11.3 Å². The third-order valence-electron chi connectivity index (χ3n) is 5.69. The molecular weight excluding hydrogens is 437 g/mol. The average molecular weight is 471 g/mol. The minimum atomic E-state index is -4.72. The Kier molecular flexibility index (Phi) is 10.6. The lowest BCUT2D eigenvalue weighted by Crippen LogP contribution is -2.40. The van der Waals surface area contributed by atoms with Gasteiger partial charge in [-0.05, 0) is 57.2 Å². The Morgan fingerprint density at radius 2 is 1.91 bits per heavy atom. The van der Waals surface area contributed by atoms with Crippen LogP contribution in [0.15, 0.2) is 18.2 Å². The van der Waals surface area contributed by atoms with E-state index in [1.165, 1.54) is 19.1 Å². The van der Waals surface area contributed by atoms with Gasteiger partial charge in [-0.25, -0.2) is 0 Å². The quantitative estimate of drug-likeness (QED) is 0.391. The second-order valence-electron chi connectivity index (χ2n) is 8.64. The number of carbonyl (C=O) groups excluding carboxylic acids is 1. The van der Waals surface area contributed by atoms with Gasteiger partial charge in [-0.15, -0.1) is 0 Å². The highest BCUT2D eigenvalue weighted by Gasteiger charge is 2.35. The van der Waals surface area contributed by atoms with Crippen LogP contribution in [0.3, 0.4) is 0 Å². The van der Waals surface area contributed by atoms with Crippen molar-refractivity contribution in [2.24, 2.45) is 0 Å². The van der Waals surface area contributed by atoms with Crippen molar-refractivity contribution in [2.75, 3.05) is 18.5 Å². The molecule has 1 aromatic rings. The maximum absolute atomic E-state index is 13.1. The Labute approximate surface area is 193 Å². The lowest BCUT2D eigenvalue weighted by molar-refractivity contribution is -0.162. The lowest BCUT2D eigenvalue weighted by atomic mass is 9.96. The largest absolute Gasteiger partial charge is 0.417 e. The standard InChI is InChI=1S/C24H33F3N2O4/c1-23(31,13-7-4-2-3-5-8-14-32-21-10-6-9-15-33-21)22(30)29-19-12-11-18(17-28)20(16-19)24(25,26)27/h11-12,16,21,31H,2-10,13-15H2,1H3,(H,29,30). The van der Waals surface area contributed by atoms with E-state index < -0.39 is 28.8 Å². The molecule has 2 atom stereocenters. The number of ether oxygens (including phenoxy) is 2. The highest BCUT2D eigenvalue weighted by atomic mass is 19.4. The molecule has 0 saturated carbocycles. The number of halogens is 3. The van der Waals surface area contributed by atoms with Crippen LogP contribution in [0.1, 0.15) is 82.3 Å². The molecule has 1 heterocycles. The first-order chi connectivity index (χ1) is 15.6. The van der Waals surface area contributed by atoms with Gasteiger partial charge >= 0.3 is 6.18 Å². The summed E-state index contributed by atoms with van der Waals surface area (Å²) in [6, 6.07) is 4.41. The number of benzene rings is 1. The molecule has 1 saturated heterocycles. The lowest BCUT2D eigenvalue weighted by Gasteiger charge is -2.23. The summed E-state index contributed by atoms with van der Waals surface area (Å²) in [7, 11) is 0. The topological polar surface area (TPSA) is 91.6 Å². The molecule has 1 amide bonds. The molecule has 1 aromatic carbocycles. The fourth-order valence-electron chi connectivity index (χ4n) is 3.67. The molecule has 0 spiro atoms. The van der Waals surface area contributed by atoms with Gasteiger partial charge in [0.25, 0.3) is 5.91 Å². The molecule has 1 fully saturated rings. The number of nitriles is 1. The first-order valence-electron chi connectivity index (χ1n) is 11.5. The monoisotopic (exact) mass is 470 g/mol. The molecule has 2 N–H and O–H groups in total. The van der Waals surface area contributed by atoms with Crippen molar-refractivity contribution >= 4 is 11.6 Å². The molecule has 1 aliphatic rings. The molecule has 0 radical (unpaired) electrons. The molecule has 184 valence electrons. The predicted octanol–water partition coefficient (Wildman–Crippen LogP) is 5.54. The van der Waals surface area contributed by atoms with Crippen LogP contribution in [0.25, 0.3) is 0 Å². The number of unbranched alkanes of at least 4 members (excludes halogenated alkanes) is 5. The first-order valence-corrected chi connectivity index (χ1v) is 11.5. The Bertz CT molecular complexity index is 800. The average Bonchev–Trinajstić information content (AvgIpc) is 2.78. The van der Waals surface area contributed by atoms with Gasteiger partial charge in [-0.3, -0.25) is 4.79 Å². The van der Waals surface area contributed by atoms with Gasteiger partial charge in [0.15, 0.2) is 6.29 Å². The number of hydrogen-bond donors (Lipinski definition) is 2. The van der Waals surface area contributed by atoms with Crippen molar-refractivity contribution in [2.45, 2.75) is 89.2 Å². The van der Waals surface area contributed by atoms with E-state index in [-0.39, 0.29) is 18.4 Å². The second-order valence-corrected chi connectivity index (χ2v) is 8.64. The zero-order valence-electron chi connectivity index (χ0n) is 19.0. The van der Waals surface area contributed by atoms with E-state index >= 15 is 0 Å². The van der Waals surface area contributed by atoms with Crippen LogP contribution in [0.4, 0.5) is 18.9 Å². The van der Waals surface area contributed by atoms with Crippen molar-refractivity contribution in [3.8, 4) is 6.07 Å². The molecule has 0 bridgehead atoms. The van der Waals surface area contributed by atoms with E-state index in [4.69, 9.17) is 14.7 Å². The van der Waals surface area contributed by atoms with Crippen LogP contribution in [-0.2, 0) is 20.4 Å². The Morgan fingerprint density at radius 3 is 2.55 bits per heavy atom. The summed E-state index contributed by atoms with van der Waals surface area (Å²) < 4.78 is 50.5. The molecule has 0 aliphatic carbocycles. The van der Waals surface area contributed by atoms with Crippen molar-refractivity contribution in [1.82, 2.24) is 0 Å². The van der Waals surface area contributed by atoms with Crippen molar-refractivity contribution < 1.29 is 32.5 Å². The van der Waals surface area contributed by atoms with Crippen LogP contribution < -0.4 is 5.32 Å². The molecule has 6 nitrogen and oxygen atoms in total. The molecule has 2 rings (SSSR count). The van der Waals surface area contributed by atoms with Crippen molar-refractivity contribution in [3.05, 3.63) is 29.3 Å². The molecule has 33 heavy (non-hydrogen) atoms. The highest BCUT2D eigenvalue weighted by Crippen LogP contribution is 2.33. The molecule has 2 unspecified atom stereocenters. The molecule has 1 aliphatic heterocycles. The Hall–Kier alpha value is -2.15. The van der Waals surface area contributed by atoms with E-state index in [0.29, 0.717) is 19.1 Å². The number of alkyl halides is 3. The number of anilines is 1. The normalized spacial score (nSPS) is 18.4. The maximum Gasteiger partial charge on any atom is 0.417 e. The SMILES string of the molecule is CC(O)(CCCCCCCCOC1CCCCO1)C(=O)Nc1ccc(C#N)c(C(F)(F)F)c1. The molecule has 0 aromatic heterocycles. The minimum Gasteiger partial charge on any atom is -0.380 e. The summed E-state index contributed by atoms with van der Waals surface area (Å²) in [4.78, 5) is 12.4. The number of carbonyl (C=O) groups is 1. The Balaban J connectivity index is 1.65. The zero-order valence-corrected chi connectivity index (χ0v) is 19.0. The minimum absolute atomic E-state index is 0.0588. The van der Waals surface area contributed by atoms with Gasteiger partial charge in [0, 0.05) is 18.9 Å². The van der Waals surface area contributed by atoms with Crippen LogP contribution in [0.2, 0.25) is 0 Å². The fraction of sp³-hybridized carbons (Fsp3) is 0.667. The van der Waals surface area contributed by atoms with Gasteiger partial charge in [-0.2, -0.15) is 18.4 Å². The third-order valence-corrected chi connectivity index (χ3v) is 5.69. The van der Waals surface area contributed by atoms with Gasteiger partial charge in [-0.1, -0.05) is 32.1 Å². The smallest absolute Gasteiger partial charge is 0.380 e. The summed E-state index contributed by atoms with van der Waals surface area (Å²) in [6.07, 6.45) is 4.06. The fourth-order valence-corrected chi connectivity index (χ4v) is 3.67. The van der Waals surface area contributed by atoms with Gasteiger partial charge in [0.1, 0.15) is 5.60 Å². The number of nitrogens with one attached hydrogen (secondary N) is 1.